The molecule has 2 heterocycles. The summed E-state index contributed by atoms with van der Waals surface area (Å²) in [6.07, 6.45) is -2.12. The van der Waals surface area contributed by atoms with Crippen LogP contribution < -0.4 is 10.6 Å². The first-order valence-electron chi connectivity index (χ1n) is 11.2. The number of rotatable bonds is 6. The fraction of sp³-hybridized carbons (Fsp3) is 0.417. The standard InChI is InChI=1S/C24H25F5N4O3/c1-13(2)20(32-23(36)24(27,28)29)21(34)31-19-12-33(22(35)14-4-3-6-30-11-14)7-5-18(19)15-8-16(25)10-17(26)9-15/h3-4,6,8-11,13,18-20H,5,7,12H2,1-2H3,(H,31,34)(H,32,36)/t18-,19+,20+/m0/s1. The van der Waals surface area contributed by atoms with Crippen molar-refractivity contribution in [1.82, 2.24) is 20.5 Å². The molecular formula is C24H25F5N4O3. The molecule has 1 aliphatic rings. The molecule has 3 rings (SSSR count). The molecule has 0 spiro atoms. The molecule has 12 heteroatoms. The van der Waals surface area contributed by atoms with E-state index < -0.39 is 59.5 Å². The summed E-state index contributed by atoms with van der Waals surface area (Å²) < 4.78 is 66.2. The highest BCUT2D eigenvalue weighted by molar-refractivity contribution is 5.94. The van der Waals surface area contributed by atoms with Gasteiger partial charge in [-0.1, -0.05) is 13.8 Å². The second-order valence-electron chi connectivity index (χ2n) is 8.90. The molecule has 0 aliphatic carbocycles. The van der Waals surface area contributed by atoms with Gasteiger partial charge < -0.3 is 15.5 Å². The van der Waals surface area contributed by atoms with Crippen molar-refractivity contribution in [3.05, 3.63) is 65.5 Å². The van der Waals surface area contributed by atoms with Gasteiger partial charge in [0.15, 0.2) is 0 Å². The maximum Gasteiger partial charge on any atom is 0.471 e. The van der Waals surface area contributed by atoms with Crippen LogP contribution in [0.1, 0.15) is 42.1 Å². The Bertz CT molecular complexity index is 1090. The summed E-state index contributed by atoms with van der Waals surface area (Å²) in [5.41, 5.74) is 0.516. The van der Waals surface area contributed by atoms with E-state index in [9.17, 15) is 36.3 Å². The molecule has 3 atom stereocenters. The second-order valence-corrected chi connectivity index (χ2v) is 8.90. The smallest absolute Gasteiger partial charge is 0.349 e. The van der Waals surface area contributed by atoms with Crippen molar-refractivity contribution >= 4 is 17.7 Å². The zero-order chi connectivity index (χ0) is 26.6. The van der Waals surface area contributed by atoms with E-state index in [0.717, 1.165) is 12.1 Å². The zero-order valence-electron chi connectivity index (χ0n) is 19.5. The van der Waals surface area contributed by atoms with Crippen LogP contribution in [0.2, 0.25) is 0 Å². The average molecular weight is 512 g/mol. The van der Waals surface area contributed by atoms with Gasteiger partial charge >= 0.3 is 12.1 Å². The number of alkyl halides is 3. The molecule has 1 aromatic carbocycles. The molecule has 7 nitrogen and oxygen atoms in total. The third-order valence-corrected chi connectivity index (χ3v) is 5.94. The molecule has 2 aromatic rings. The minimum Gasteiger partial charge on any atom is -0.349 e. The third kappa shape index (κ3) is 6.55. The molecule has 1 aromatic heterocycles. The van der Waals surface area contributed by atoms with Gasteiger partial charge in [-0.05, 0) is 42.2 Å². The lowest BCUT2D eigenvalue weighted by Crippen LogP contribution is -2.59. The number of carbonyl (C=O) groups is 3. The van der Waals surface area contributed by atoms with Gasteiger partial charge in [0.05, 0.1) is 11.6 Å². The maximum absolute atomic E-state index is 13.9. The molecular weight excluding hydrogens is 487 g/mol. The van der Waals surface area contributed by atoms with Crippen LogP contribution in [0.4, 0.5) is 22.0 Å². The van der Waals surface area contributed by atoms with Crippen molar-refractivity contribution in [3.8, 4) is 0 Å². The summed E-state index contributed by atoms with van der Waals surface area (Å²) >= 11 is 0. The van der Waals surface area contributed by atoms with Crippen LogP contribution in [0.5, 0.6) is 0 Å². The molecule has 1 aliphatic heterocycles. The number of hydrogen-bond acceptors (Lipinski definition) is 4. The Kier molecular flexibility index (Phi) is 8.26. The number of carbonyl (C=O) groups excluding carboxylic acids is 3. The monoisotopic (exact) mass is 512 g/mol. The fourth-order valence-corrected chi connectivity index (χ4v) is 4.17. The van der Waals surface area contributed by atoms with Gasteiger partial charge in [0, 0.05) is 37.5 Å². The van der Waals surface area contributed by atoms with Gasteiger partial charge in [0.1, 0.15) is 17.7 Å². The van der Waals surface area contributed by atoms with Crippen molar-refractivity contribution in [1.29, 1.82) is 0 Å². The van der Waals surface area contributed by atoms with Gasteiger partial charge in [0.2, 0.25) is 5.91 Å². The first-order chi connectivity index (χ1) is 16.9. The van der Waals surface area contributed by atoms with Crippen LogP contribution in [0, 0.1) is 17.6 Å². The SMILES string of the molecule is CC(C)[C@@H](NC(=O)C(F)(F)F)C(=O)N[C@@H]1CN(C(=O)c2cccnc2)CC[C@H]1c1cc(F)cc(F)c1. The summed E-state index contributed by atoms with van der Waals surface area (Å²) in [6.45, 7) is 3.03. The summed E-state index contributed by atoms with van der Waals surface area (Å²) in [7, 11) is 0. The zero-order valence-corrected chi connectivity index (χ0v) is 19.5. The van der Waals surface area contributed by atoms with Crippen molar-refractivity contribution < 1.29 is 36.3 Å². The average Bonchev–Trinajstić information content (AvgIpc) is 2.80. The number of aromatic nitrogens is 1. The topological polar surface area (TPSA) is 91.4 Å². The van der Waals surface area contributed by atoms with Gasteiger partial charge in [-0.25, -0.2) is 8.78 Å². The lowest BCUT2D eigenvalue weighted by atomic mass is 9.84. The number of benzene rings is 1. The van der Waals surface area contributed by atoms with E-state index in [1.165, 1.54) is 31.1 Å². The highest BCUT2D eigenvalue weighted by atomic mass is 19.4. The first-order valence-corrected chi connectivity index (χ1v) is 11.2. The van der Waals surface area contributed by atoms with Crippen LogP contribution >= 0.6 is 0 Å². The molecule has 36 heavy (non-hydrogen) atoms. The lowest BCUT2D eigenvalue weighted by Gasteiger charge is -2.40. The van der Waals surface area contributed by atoms with Crippen LogP contribution in [0.3, 0.4) is 0 Å². The number of halogens is 5. The molecule has 1 fully saturated rings. The van der Waals surface area contributed by atoms with Crippen LogP contribution in [-0.2, 0) is 9.59 Å². The Hall–Kier alpha value is -3.57. The van der Waals surface area contributed by atoms with E-state index in [-0.39, 0.29) is 30.6 Å². The third-order valence-electron chi connectivity index (χ3n) is 5.94. The minimum absolute atomic E-state index is 0.0830. The minimum atomic E-state index is -5.19. The summed E-state index contributed by atoms with van der Waals surface area (Å²) in [5, 5.41) is 4.30. The molecule has 0 unspecified atom stereocenters. The van der Waals surface area contributed by atoms with E-state index in [4.69, 9.17) is 0 Å². The van der Waals surface area contributed by atoms with E-state index >= 15 is 0 Å². The Morgan fingerprint density at radius 1 is 1.11 bits per heavy atom. The Morgan fingerprint density at radius 3 is 2.33 bits per heavy atom. The van der Waals surface area contributed by atoms with E-state index in [2.05, 4.69) is 10.3 Å². The fourth-order valence-electron chi connectivity index (χ4n) is 4.17. The van der Waals surface area contributed by atoms with Crippen molar-refractivity contribution in [2.75, 3.05) is 13.1 Å². The van der Waals surface area contributed by atoms with Crippen LogP contribution in [0.25, 0.3) is 0 Å². The molecule has 0 radical (unpaired) electrons. The number of pyridine rings is 1. The normalized spacial score (nSPS) is 19.1. The molecule has 0 saturated carbocycles. The van der Waals surface area contributed by atoms with Gasteiger partial charge in [-0.2, -0.15) is 13.2 Å². The van der Waals surface area contributed by atoms with Gasteiger partial charge in [0.25, 0.3) is 5.91 Å². The highest BCUT2D eigenvalue weighted by Gasteiger charge is 2.42. The Morgan fingerprint density at radius 2 is 1.78 bits per heavy atom. The summed E-state index contributed by atoms with van der Waals surface area (Å²) in [4.78, 5) is 42.8. The second kappa shape index (κ2) is 11.0. The van der Waals surface area contributed by atoms with Crippen molar-refractivity contribution in [3.63, 3.8) is 0 Å². The molecule has 3 amide bonds. The summed E-state index contributed by atoms with van der Waals surface area (Å²) in [5.74, 6) is -6.59. The number of likely N-dealkylation sites (tertiary alicyclic amines) is 1. The summed E-state index contributed by atoms with van der Waals surface area (Å²) in [6, 6.07) is 3.60. The predicted molar refractivity (Wildman–Crippen MR) is 119 cm³/mol. The highest BCUT2D eigenvalue weighted by Crippen LogP contribution is 2.30. The van der Waals surface area contributed by atoms with Crippen molar-refractivity contribution in [2.24, 2.45) is 5.92 Å². The van der Waals surface area contributed by atoms with E-state index in [0.29, 0.717) is 6.07 Å². The van der Waals surface area contributed by atoms with Crippen LogP contribution in [0.15, 0.2) is 42.7 Å². The Labute approximate surface area is 204 Å². The predicted octanol–water partition coefficient (Wildman–Crippen LogP) is 3.18. The number of nitrogens with one attached hydrogen (secondary N) is 2. The molecule has 0 bridgehead atoms. The van der Waals surface area contributed by atoms with Crippen molar-refractivity contribution in [2.45, 2.75) is 44.4 Å². The number of hydrogen-bond donors (Lipinski definition) is 2. The largest absolute Gasteiger partial charge is 0.471 e. The number of amides is 3. The molecule has 194 valence electrons. The van der Waals surface area contributed by atoms with Gasteiger partial charge in [-0.3, -0.25) is 19.4 Å². The lowest BCUT2D eigenvalue weighted by molar-refractivity contribution is -0.175. The Balaban J connectivity index is 1.88. The van der Waals surface area contributed by atoms with E-state index in [1.807, 2.05) is 0 Å². The quantitative estimate of drug-likeness (QED) is 0.582. The number of nitrogens with zero attached hydrogens (tertiary/aromatic N) is 2. The maximum atomic E-state index is 13.9. The first kappa shape index (κ1) is 27.0. The van der Waals surface area contributed by atoms with Crippen LogP contribution in [-0.4, -0.2) is 59.0 Å². The molecule has 2 N–H and O–H groups in total. The molecule has 1 saturated heterocycles. The van der Waals surface area contributed by atoms with Gasteiger partial charge in [-0.15, -0.1) is 0 Å². The van der Waals surface area contributed by atoms with E-state index in [1.54, 1.807) is 17.4 Å². The number of piperidine rings is 1.